The Kier molecular flexibility index (Phi) is 3.55. The van der Waals surface area contributed by atoms with E-state index in [0.717, 1.165) is 16.9 Å². The van der Waals surface area contributed by atoms with Crippen LogP contribution in [0.15, 0.2) is 78.2 Å². The lowest BCUT2D eigenvalue weighted by atomic mass is 10.3. The molecule has 3 rings (SSSR count). The molecular formula is C16H14N4. The summed E-state index contributed by atoms with van der Waals surface area (Å²) in [7, 11) is 0. The summed E-state index contributed by atoms with van der Waals surface area (Å²) in [6.45, 7) is 0. The molecule has 0 aliphatic carbocycles. The van der Waals surface area contributed by atoms with Crippen LogP contribution in [0, 0.1) is 0 Å². The van der Waals surface area contributed by atoms with E-state index in [9.17, 15) is 0 Å². The Labute approximate surface area is 117 Å². The molecule has 1 heterocycles. The summed E-state index contributed by atoms with van der Waals surface area (Å²) >= 11 is 0. The number of anilines is 1. The highest BCUT2D eigenvalue weighted by molar-refractivity contribution is 5.79. The van der Waals surface area contributed by atoms with Crippen molar-refractivity contribution in [3.8, 4) is 5.69 Å². The molecule has 0 unspecified atom stereocenters. The first-order chi connectivity index (χ1) is 9.92. The van der Waals surface area contributed by atoms with E-state index < -0.39 is 0 Å². The number of nitrogens with zero attached hydrogens (tertiary/aromatic N) is 3. The van der Waals surface area contributed by atoms with Crippen LogP contribution in [0.2, 0.25) is 0 Å². The first-order valence-corrected chi connectivity index (χ1v) is 6.36. The van der Waals surface area contributed by atoms with Crippen molar-refractivity contribution in [2.24, 2.45) is 5.10 Å². The van der Waals surface area contributed by atoms with E-state index in [1.165, 1.54) is 0 Å². The zero-order valence-corrected chi connectivity index (χ0v) is 10.8. The van der Waals surface area contributed by atoms with Crippen molar-refractivity contribution in [3.63, 3.8) is 0 Å². The molecule has 0 aliphatic rings. The first kappa shape index (κ1) is 12.2. The molecule has 0 atom stereocenters. The molecule has 0 radical (unpaired) electrons. The number of rotatable bonds is 4. The average molecular weight is 262 g/mol. The van der Waals surface area contributed by atoms with Gasteiger partial charge in [0.05, 0.1) is 23.8 Å². The Hall–Kier alpha value is -2.88. The average Bonchev–Trinajstić information content (AvgIpc) is 2.98. The molecule has 0 saturated carbocycles. The molecule has 0 bridgehead atoms. The van der Waals surface area contributed by atoms with Crippen LogP contribution in [0.4, 0.5) is 5.69 Å². The van der Waals surface area contributed by atoms with Gasteiger partial charge in [-0.1, -0.05) is 36.4 Å². The second-order valence-electron chi connectivity index (χ2n) is 4.29. The molecule has 1 N–H and O–H groups in total. The van der Waals surface area contributed by atoms with Gasteiger partial charge >= 0.3 is 0 Å². The molecule has 98 valence electrons. The highest BCUT2D eigenvalue weighted by atomic mass is 15.3. The van der Waals surface area contributed by atoms with Gasteiger partial charge in [-0.25, -0.2) is 4.68 Å². The zero-order valence-electron chi connectivity index (χ0n) is 10.8. The second kappa shape index (κ2) is 5.84. The molecule has 0 aliphatic heterocycles. The van der Waals surface area contributed by atoms with E-state index >= 15 is 0 Å². The lowest BCUT2D eigenvalue weighted by Gasteiger charge is -1.98. The monoisotopic (exact) mass is 262 g/mol. The van der Waals surface area contributed by atoms with Gasteiger partial charge in [0.25, 0.3) is 0 Å². The van der Waals surface area contributed by atoms with E-state index in [1.54, 1.807) is 12.4 Å². The van der Waals surface area contributed by atoms with E-state index in [1.807, 2.05) is 71.5 Å². The van der Waals surface area contributed by atoms with Crippen LogP contribution >= 0.6 is 0 Å². The fourth-order valence-corrected chi connectivity index (χ4v) is 1.82. The van der Waals surface area contributed by atoms with E-state index in [4.69, 9.17) is 0 Å². The summed E-state index contributed by atoms with van der Waals surface area (Å²) in [5.74, 6) is 0. The third kappa shape index (κ3) is 2.92. The van der Waals surface area contributed by atoms with Gasteiger partial charge in [-0.15, -0.1) is 0 Å². The number of hydrogen-bond acceptors (Lipinski definition) is 3. The summed E-state index contributed by atoms with van der Waals surface area (Å²) in [5, 5.41) is 8.50. The molecule has 1 aromatic heterocycles. The lowest BCUT2D eigenvalue weighted by molar-refractivity contribution is 0.880. The van der Waals surface area contributed by atoms with Gasteiger partial charge in [-0.05, 0) is 24.3 Å². The van der Waals surface area contributed by atoms with Crippen LogP contribution in [0.1, 0.15) is 5.56 Å². The van der Waals surface area contributed by atoms with Crippen molar-refractivity contribution in [1.29, 1.82) is 0 Å². The van der Waals surface area contributed by atoms with Crippen LogP contribution < -0.4 is 5.43 Å². The van der Waals surface area contributed by atoms with Gasteiger partial charge in [0.2, 0.25) is 0 Å². The molecule has 3 aromatic rings. The summed E-state index contributed by atoms with van der Waals surface area (Å²) in [5.41, 5.74) is 5.90. The van der Waals surface area contributed by atoms with E-state index in [-0.39, 0.29) is 0 Å². The molecule has 0 spiro atoms. The molecule has 0 fully saturated rings. The summed E-state index contributed by atoms with van der Waals surface area (Å²) in [6.07, 6.45) is 5.47. The maximum atomic E-state index is 4.31. The van der Waals surface area contributed by atoms with Crippen LogP contribution in [0.5, 0.6) is 0 Å². The number of benzene rings is 2. The van der Waals surface area contributed by atoms with Crippen LogP contribution in [0.3, 0.4) is 0 Å². The van der Waals surface area contributed by atoms with E-state index in [2.05, 4.69) is 15.6 Å². The Morgan fingerprint density at radius 2 is 1.65 bits per heavy atom. The first-order valence-electron chi connectivity index (χ1n) is 6.36. The Morgan fingerprint density at radius 1 is 0.950 bits per heavy atom. The Balaban J connectivity index is 1.69. The number of hydrogen-bond donors (Lipinski definition) is 1. The van der Waals surface area contributed by atoms with Crippen molar-refractivity contribution in [2.45, 2.75) is 0 Å². The Morgan fingerprint density at radius 3 is 2.40 bits per heavy atom. The third-order valence-corrected chi connectivity index (χ3v) is 2.80. The standard InChI is InChI=1S/C16H14N4/c1-3-7-15(8-4-1)19-17-11-14-12-18-20(13-14)16-9-5-2-6-10-16/h1-13,19H/b17-11-. The molecular weight excluding hydrogens is 248 g/mol. The van der Waals surface area contributed by atoms with Crippen LogP contribution in [-0.4, -0.2) is 16.0 Å². The molecule has 20 heavy (non-hydrogen) atoms. The van der Waals surface area contributed by atoms with Crippen LogP contribution in [0.25, 0.3) is 5.69 Å². The number of hydrazone groups is 1. The van der Waals surface area contributed by atoms with Crippen molar-refractivity contribution < 1.29 is 0 Å². The third-order valence-electron chi connectivity index (χ3n) is 2.80. The highest BCUT2D eigenvalue weighted by Gasteiger charge is 1.97. The quantitative estimate of drug-likeness (QED) is 0.579. The zero-order chi connectivity index (χ0) is 13.6. The second-order valence-corrected chi connectivity index (χ2v) is 4.29. The topological polar surface area (TPSA) is 42.2 Å². The Bertz CT molecular complexity index is 687. The summed E-state index contributed by atoms with van der Waals surface area (Å²) < 4.78 is 1.82. The van der Waals surface area contributed by atoms with Gasteiger partial charge < -0.3 is 0 Å². The van der Waals surface area contributed by atoms with Gasteiger partial charge in [0.15, 0.2) is 0 Å². The summed E-state index contributed by atoms with van der Waals surface area (Å²) in [6, 6.07) is 19.8. The van der Waals surface area contributed by atoms with Crippen molar-refractivity contribution in [2.75, 3.05) is 5.43 Å². The largest absolute Gasteiger partial charge is 0.279 e. The van der Waals surface area contributed by atoms with E-state index in [0.29, 0.717) is 0 Å². The van der Waals surface area contributed by atoms with Crippen LogP contribution in [-0.2, 0) is 0 Å². The van der Waals surface area contributed by atoms with Gasteiger partial charge in [-0.3, -0.25) is 5.43 Å². The molecule has 2 aromatic carbocycles. The fourth-order valence-electron chi connectivity index (χ4n) is 1.82. The van der Waals surface area contributed by atoms with Gasteiger partial charge in [0, 0.05) is 11.8 Å². The molecule has 0 amide bonds. The smallest absolute Gasteiger partial charge is 0.0645 e. The molecule has 4 heteroatoms. The SMILES string of the molecule is C(=N/Nc1ccccc1)/c1cnn(-c2ccccc2)c1. The van der Waals surface area contributed by atoms with Gasteiger partial charge in [-0.2, -0.15) is 10.2 Å². The molecule has 0 saturated heterocycles. The number of aromatic nitrogens is 2. The minimum absolute atomic E-state index is 0.942. The predicted molar refractivity (Wildman–Crippen MR) is 81.2 cm³/mol. The lowest BCUT2D eigenvalue weighted by Crippen LogP contribution is -1.93. The molecule has 4 nitrogen and oxygen atoms in total. The number of para-hydroxylation sites is 2. The maximum Gasteiger partial charge on any atom is 0.0645 e. The van der Waals surface area contributed by atoms with Gasteiger partial charge in [0.1, 0.15) is 0 Å². The predicted octanol–water partition coefficient (Wildman–Crippen LogP) is 3.32. The highest BCUT2D eigenvalue weighted by Crippen LogP contribution is 2.07. The normalized spacial score (nSPS) is 10.8. The minimum atomic E-state index is 0.942. The maximum absolute atomic E-state index is 4.31. The summed E-state index contributed by atoms with van der Waals surface area (Å²) in [4.78, 5) is 0. The fraction of sp³-hybridized carbons (Fsp3) is 0. The van der Waals surface area contributed by atoms with Crippen molar-refractivity contribution >= 4 is 11.9 Å². The minimum Gasteiger partial charge on any atom is -0.279 e. The van der Waals surface area contributed by atoms with Crippen molar-refractivity contribution in [1.82, 2.24) is 9.78 Å². The number of nitrogens with one attached hydrogen (secondary N) is 1. The van der Waals surface area contributed by atoms with Crippen molar-refractivity contribution in [3.05, 3.63) is 78.6 Å².